The summed E-state index contributed by atoms with van der Waals surface area (Å²) in [5, 5.41) is 8.69. The Balaban J connectivity index is 2.96. The van der Waals surface area contributed by atoms with Crippen molar-refractivity contribution in [3.8, 4) is 0 Å². The lowest BCUT2D eigenvalue weighted by Crippen LogP contribution is -2.16. The molecule has 12 heavy (non-hydrogen) atoms. The van der Waals surface area contributed by atoms with E-state index in [0.717, 1.165) is 6.20 Å². The van der Waals surface area contributed by atoms with Gasteiger partial charge in [-0.2, -0.15) is 0 Å². The molecule has 1 heterocycles. The number of aromatic nitrogens is 1. The molecule has 0 unspecified atom stereocenters. The van der Waals surface area contributed by atoms with Crippen LogP contribution in [0.25, 0.3) is 0 Å². The van der Waals surface area contributed by atoms with Crippen molar-refractivity contribution in [1.29, 1.82) is 0 Å². The minimum atomic E-state index is -0.524. The van der Waals surface area contributed by atoms with E-state index in [2.05, 4.69) is 4.98 Å². The molecule has 0 amide bonds. The van der Waals surface area contributed by atoms with Gasteiger partial charge in [0.1, 0.15) is 5.82 Å². The number of pyridine rings is 1. The highest BCUT2D eigenvalue weighted by Gasteiger charge is 2.07. The molecule has 1 rings (SSSR count). The van der Waals surface area contributed by atoms with Crippen molar-refractivity contribution in [3.05, 3.63) is 29.3 Å². The molecule has 0 spiro atoms. The van der Waals surface area contributed by atoms with E-state index in [1.54, 1.807) is 6.92 Å². The van der Waals surface area contributed by atoms with Crippen LogP contribution < -0.4 is 5.73 Å². The first-order chi connectivity index (χ1) is 5.65. The second-order valence-electron chi connectivity index (χ2n) is 2.65. The van der Waals surface area contributed by atoms with E-state index in [9.17, 15) is 4.39 Å². The van der Waals surface area contributed by atoms with E-state index in [4.69, 9.17) is 10.8 Å². The molecule has 0 fully saturated rings. The highest BCUT2D eigenvalue weighted by atomic mass is 19.1. The highest BCUT2D eigenvalue weighted by Crippen LogP contribution is 2.10. The van der Waals surface area contributed by atoms with Gasteiger partial charge in [0, 0.05) is 0 Å². The van der Waals surface area contributed by atoms with Crippen LogP contribution >= 0.6 is 0 Å². The Morgan fingerprint density at radius 3 is 2.92 bits per heavy atom. The standard InChI is InChI=1S/C8H11FN2O/c1-5-2-8(7(10)4-12)11-3-6(5)9/h2-3,7,12H,4,10H2,1H3/t7-/m1/s1. The van der Waals surface area contributed by atoms with Crippen molar-refractivity contribution >= 4 is 0 Å². The number of nitrogens with zero attached hydrogens (tertiary/aromatic N) is 1. The van der Waals surface area contributed by atoms with Crippen LogP contribution in [-0.4, -0.2) is 16.7 Å². The zero-order chi connectivity index (χ0) is 9.14. The van der Waals surface area contributed by atoms with Gasteiger partial charge in [0.2, 0.25) is 0 Å². The average molecular weight is 170 g/mol. The van der Waals surface area contributed by atoms with Gasteiger partial charge in [0.25, 0.3) is 0 Å². The Kier molecular flexibility index (Phi) is 2.73. The summed E-state index contributed by atoms with van der Waals surface area (Å²) >= 11 is 0. The van der Waals surface area contributed by atoms with Gasteiger partial charge in [-0.25, -0.2) is 4.39 Å². The third-order valence-corrected chi connectivity index (χ3v) is 1.64. The van der Waals surface area contributed by atoms with Crippen LogP contribution in [0.1, 0.15) is 17.3 Å². The number of aliphatic hydroxyl groups is 1. The molecule has 0 bridgehead atoms. The van der Waals surface area contributed by atoms with Gasteiger partial charge >= 0.3 is 0 Å². The number of halogens is 1. The number of aliphatic hydroxyl groups excluding tert-OH is 1. The van der Waals surface area contributed by atoms with Crippen LogP contribution in [0, 0.1) is 12.7 Å². The Bertz CT molecular complexity index is 278. The SMILES string of the molecule is Cc1cc([C@H](N)CO)ncc1F. The van der Waals surface area contributed by atoms with E-state index < -0.39 is 6.04 Å². The van der Waals surface area contributed by atoms with Crippen molar-refractivity contribution in [2.24, 2.45) is 5.73 Å². The quantitative estimate of drug-likeness (QED) is 0.680. The molecular formula is C8H11FN2O. The fraction of sp³-hybridized carbons (Fsp3) is 0.375. The summed E-state index contributed by atoms with van der Waals surface area (Å²) < 4.78 is 12.7. The lowest BCUT2D eigenvalue weighted by molar-refractivity contribution is 0.265. The molecule has 0 aliphatic carbocycles. The maximum Gasteiger partial charge on any atom is 0.144 e. The van der Waals surface area contributed by atoms with Gasteiger partial charge in [-0.3, -0.25) is 4.98 Å². The molecule has 66 valence electrons. The van der Waals surface area contributed by atoms with Crippen molar-refractivity contribution in [2.75, 3.05) is 6.61 Å². The molecule has 0 saturated heterocycles. The molecular weight excluding hydrogens is 159 g/mol. The van der Waals surface area contributed by atoms with Crippen LogP contribution in [0.2, 0.25) is 0 Å². The van der Waals surface area contributed by atoms with Gasteiger partial charge in [-0.15, -0.1) is 0 Å². The minimum Gasteiger partial charge on any atom is -0.394 e. The molecule has 3 nitrogen and oxygen atoms in total. The average Bonchev–Trinajstić information content (AvgIpc) is 2.08. The summed E-state index contributed by atoms with van der Waals surface area (Å²) in [5.41, 5.74) is 6.48. The third-order valence-electron chi connectivity index (χ3n) is 1.64. The second-order valence-corrected chi connectivity index (χ2v) is 2.65. The van der Waals surface area contributed by atoms with Crippen LogP contribution in [0.3, 0.4) is 0 Å². The number of hydrogen-bond acceptors (Lipinski definition) is 3. The topological polar surface area (TPSA) is 59.1 Å². The van der Waals surface area contributed by atoms with E-state index in [-0.39, 0.29) is 12.4 Å². The summed E-state index contributed by atoms with van der Waals surface area (Å²) in [6.07, 6.45) is 1.11. The lowest BCUT2D eigenvalue weighted by Gasteiger charge is -2.07. The van der Waals surface area contributed by atoms with E-state index >= 15 is 0 Å². The molecule has 0 aromatic carbocycles. The van der Waals surface area contributed by atoms with Crippen LogP contribution in [0.4, 0.5) is 4.39 Å². The van der Waals surface area contributed by atoms with Crippen LogP contribution in [0.5, 0.6) is 0 Å². The number of rotatable bonds is 2. The summed E-state index contributed by atoms with van der Waals surface area (Å²) in [4.78, 5) is 3.75. The molecule has 0 aliphatic heterocycles. The van der Waals surface area contributed by atoms with Crippen molar-refractivity contribution < 1.29 is 9.50 Å². The molecule has 1 aromatic heterocycles. The van der Waals surface area contributed by atoms with Gasteiger partial charge in [-0.1, -0.05) is 0 Å². The zero-order valence-electron chi connectivity index (χ0n) is 6.79. The number of nitrogens with two attached hydrogens (primary N) is 1. The first kappa shape index (κ1) is 9.09. The smallest absolute Gasteiger partial charge is 0.144 e. The van der Waals surface area contributed by atoms with Crippen LogP contribution in [0.15, 0.2) is 12.3 Å². The molecule has 0 saturated carbocycles. The summed E-state index contributed by atoms with van der Waals surface area (Å²) in [6.45, 7) is 1.45. The van der Waals surface area contributed by atoms with Gasteiger partial charge in [-0.05, 0) is 18.6 Å². The molecule has 1 aromatic rings. The van der Waals surface area contributed by atoms with E-state index in [1.807, 2.05) is 0 Å². The number of aryl methyl sites for hydroxylation is 1. The molecule has 0 aliphatic rings. The fourth-order valence-corrected chi connectivity index (χ4v) is 0.857. The maximum atomic E-state index is 12.7. The monoisotopic (exact) mass is 170 g/mol. The van der Waals surface area contributed by atoms with Gasteiger partial charge < -0.3 is 10.8 Å². The van der Waals surface area contributed by atoms with E-state index in [0.29, 0.717) is 11.3 Å². The maximum absolute atomic E-state index is 12.7. The normalized spacial score (nSPS) is 13.0. The zero-order valence-corrected chi connectivity index (χ0v) is 6.79. The van der Waals surface area contributed by atoms with Crippen molar-refractivity contribution in [2.45, 2.75) is 13.0 Å². The number of hydrogen-bond donors (Lipinski definition) is 2. The van der Waals surface area contributed by atoms with Gasteiger partial charge in [0.15, 0.2) is 0 Å². The highest BCUT2D eigenvalue weighted by molar-refractivity contribution is 5.18. The van der Waals surface area contributed by atoms with Crippen molar-refractivity contribution in [3.63, 3.8) is 0 Å². The molecule has 4 heteroatoms. The Labute approximate surface area is 70.0 Å². The summed E-state index contributed by atoms with van der Waals surface area (Å²) in [7, 11) is 0. The Morgan fingerprint density at radius 1 is 1.75 bits per heavy atom. The van der Waals surface area contributed by atoms with Gasteiger partial charge in [0.05, 0.1) is 24.5 Å². The first-order valence-electron chi connectivity index (χ1n) is 3.63. The predicted molar refractivity (Wildman–Crippen MR) is 42.9 cm³/mol. The van der Waals surface area contributed by atoms with Crippen molar-refractivity contribution in [1.82, 2.24) is 4.98 Å². The first-order valence-corrected chi connectivity index (χ1v) is 3.63. The molecule has 0 radical (unpaired) electrons. The predicted octanol–water partition coefficient (Wildman–Crippen LogP) is 0.521. The minimum absolute atomic E-state index is 0.182. The van der Waals surface area contributed by atoms with Crippen LogP contribution in [-0.2, 0) is 0 Å². The Morgan fingerprint density at radius 2 is 2.42 bits per heavy atom. The molecule has 3 N–H and O–H groups in total. The molecule has 1 atom stereocenters. The second kappa shape index (κ2) is 3.60. The summed E-state index contributed by atoms with van der Waals surface area (Å²) in [6, 6.07) is 1.01. The largest absolute Gasteiger partial charge is 0.394 e. The third kappa shape index (κ3) is 1.78. The van der Waals surface area contributed by atoms with E-state index in [1.165, 1.54) is 6.07 Å². The summed E-state index contributed by atoms with van der Waals surface area (Å²) in [5.74, 6) is -0.358. The fourth-order valence-electron chi connectivity index (χ4n) is 0.857. The lowest BCUT2D eigenvalue weighted by atomic mass is 10.1. The Hall–Kier alpha value is -1.00.